The summed E-state index contributed by atoms with van der Waals surface area (Å²) in [5, 5.41) is 0. The van der Waals surface area contributed by atoms with Crippen LogP contribution in [0.15, 0.2) is 18.2 Å². The summed E-state index contributed by atoms with van der Waals surface area (Å²) in [6.07, 6.45) is 3.13. The molecule has 1 amide bonds. The number of nitrogens with zero attached hydrogens (tertiary/aromatic N) is 1. The highest BCUT2D eigenvalue weighted by molar-refractivity contribution is 6.52. The molecule has 5 heteroatoms. The molecule has 1 fully saturated rings. The van der Waals surface area contributed by atoms with E-state index in [-0.39, 0.29) is 6.10 Å². The average Bonchev–Trinajstić information content (AvgIpc) is 2.73. The number of hydrogen-bond donors (Lipinski definition) is 0. The molecule has 0 N–H and O–H groups in total. The summed E-state index contributed by atoms with van der Waals surface area (Å²) in [6, 6.07) is 5.15. The number of carbonyl (C=O) groups is 2. The third kappa shape index (κ3) is 2.18. The molecular weight excluding hydrogens is 258 g/mol. The van der Waals surface area contributed by atoms with Gasteiger partial charge >= 0.3 is 0 Å². The standard InChI is InChI=1S/C15H17NO4/c1-19-10-5-6-13-12(8-10)14(17)15(18)16(13)9-11-4-2-3-7-20-11/h5-6,8,11H,2-4,7,9H2,1H3/t11-/m1/s1. The van der Waals surface area contributed by atoms with E-state index in [1.54, 1.807) is 18.2 Å². The van der Waals surface area contributed by atoms with Crippen molar-refractivity contribution in [2.45, 2.75) is 25.4 Å². The van der Waals surface area contributed by atoms with Gasteiger partial charge in [-0.25, -0.2) is 0 Å². The quantitative estimate of drug-likeness (QED) is 0.789. The van der Waals surface area contributed by atoms with Crippen molar-refractivity contribution >= 4 is 17.4 Å². The molecule has 3 rings (SSSR count). The maximum absolute atomic E-state index is 12.1. The Bertz CT molecular complexity index is 549. The smallest absolute Gasteiger partial charge is 0.299 e. The van der Waals surface area contributed by atoms with Gasteiger partial charge in [0.1, 0.15) is 5.75 Å². The van der Waals surface area contributed by atoms with Crippen LogP contribution in [0.2, 0.25) is 0 Å². The van der Waals surface area contributed by atoms with Gasteiger partial charge in [-0.3, -0.25) is 9.59 Å². The molecule has 1 aromatic carbocycles. The zero-order valence-corrected chi connectivity index (χ0v) is 11.4. The van der Waals surface area contributed by atoms with E-state index in [0.717, 1.165) is 25.9 Å². The highest BCUT2D eigenvalue weighted by Crippen LogP contribution is 2.32. The number of ketones is 1. The van der Waals surface area contributed by atoms with E-state index >= 15 is 0 Å². The van der Waals surface area contributed by atoms with Gasteiger partial charge in [0.2, 0.25) is 0 Å². The van der Waals surface area contributed by atoms with Crippen molar-refractivity contribution in [2.75, 3.05) is 25.2 Å². The van der Waals surface area contributed by atoms with Crippen LogP contribution in [0.5, 0.6) is 5.75 Å². The molecule has 0 unspecified atom stereocenters. The Balaban J connectivity index is 1.86. The number of carbonyl (C=O) groups excluding carboxylic acids is 2. The van der Waals surface area contributed by atoms with Gasteiger partial charge in [0, 0.05) is 6.61 Å². The number of ether oxygens (including phenoxy) is 2. The lowest BCUT2D eigenvalue weighted by molar-refractivity contribution is -0.114. The van der Waals surface area contributed by atoms with E-state index in [4.69, 9.17) is 9.47 Å². The molecule has 2 heterocycles. The fourth-order valence-corrected chi connectivity index (χ4v) is 2.74. The first-order valence-electron chi connectivity index (χ1n) is 6.86. The molecule has 0 radical (unpaired) electrons. The van der Waals surface area contributed by atoms with Gasteiger partial charge in [-0.15, -0.1) is 0 Å². The molecule has 0 bridgehead atoms. The first-order chi connectivity index (χ1) is 9.70. The van der Waals surface area contributed by atoms with Gasteiger partial charge in [-0.2, -0.15) is 0 Å². The second-order valence-corrected chi connectivity index (χ2v) is 5.12. The van der Waals surface area contributed by atoms with E-state index in [1.165, 1.54) is 12.0 Å². The Morgan fingerprint density at radius 2 is 2.20 bits per heavy atom. The van der Waals surface area contributed by atoms with E-state index < -0.39 is 11.7 Å². The Morgan fingerprint density at radius 3 is 2.90 bits per heavy atom. The average molecular weight is 275 g/mol. The number of methoxy groups -OCH3 is 1. The van der Waals surface area contributed by atoms with Crippen molar-refractivity contribution in [2.24, 2.45) is 0 Å². The van der Waals surface area contributed by atoms with Crippen LogP contribution < -0.4 is 9.64 Å². The Kier molecular flexibility index (Phi) is 3.44. The molecule has 0 saturated carbocycles. The minimum absolute atomic E-state index is 0.0218. The first kappa shape index (κ1) is 13.1. The first-order valence-corrected chi connectivity index (χ1v) is 6.86. The van der Waals surface area contributed by atoms with Gasteiger partial charge in [0.25, 0.3) is 11.7 Å². The number of amides is 1. The molecule has 1 atom stereocenters. The number of hydrogen-bond acceptors (Lipinski definition) is 4. The summed E-state index contributed by atoms with van der Waals surface area (Å²) in [6.45, 7) is 1.18. The second-order valence-electron chi connectivity index (χ2n) is 5.12. The summed E-state index contributed by atoms with van der Waals surface area (Å²) >= 11 is 0. The molecule has 1 saturated heterocycles. The van der Waals surface area contributed by atoms with Crippen molar-refractivity contribution in [3.05, 3.63) is 23.8 Å². The topological polar surface area (TPSA) is 55.8 Å². The predicted molar refractivity (Wildman–Crippen MR) is 73.3 cm³/mol. The molecule has 20 heavy (non-hydrogen) atoms. The Hall–Kier alpha value is -1.88. The molecule has 2 aliphatic heterocycles. The van der Waals surface area contributed by atoms with Gasteiger partial charge in [0.15, 0.2) is 0 Å². The maximum Gasteiger partial charge on any atom is 0.299 e. The van der Waals surface area contributed by atoms with E-state index in [1.807, 2.05) is 0 Å². The molecule has 5 nitrogen and oxygen atoms in total. The lowest BCUT2D eigenvalue weighted by Crippen LogP contribution is -2.39. The summed E-state index contributed by atoms with van der Waals surface area (Å²) in [4.78, 5) is 25.7. The Morgan fingerprint density at radius 1 is 1.35 bits per heavy atom. The van der Waals surface area contributed by atoms with Crippen LogP contribution in [0, 0.1) is 0 Å². The number of Topliss-reactive ketones (excluding diaryl/α,β-unsaturated/α-hetero) is 1. The largest absolute Gasteiger partial charge is 0.497 e. The predicted octanol–water partition coefficient (Wildman–Crippen LogP) is 1.79. The normalized spacial score (nSPS) is 22.1. The highest BCUT2D eigenvalue weighted by atomic mass is 16.5. The molecule has 0 spiro atoms. The zero-order chi connectivity index (χ0) is 14.1. The summed E-state index contributed by atoms with van der Waals surface area (Å²) in [5.74, 6) is -0.349. The zero-order valence-electron chi connectivity index (χ0n) is 11.4. The van der Waals surface area contributed by atoms with E-state index in [0.29, 0.717) is 23.5 Å². The number of benzene rings is 1. The van der Waals surface area contributed by atoms with E-state index in [2.05, 4.69) is 0 Å². The third-order valence-electron chi connectivity index (χ3n) is 3.84. The fourth-order valence-electron chi connectivity index (χ4n) is 2.74. The van der Waals surface area contributed by atoms with Gasteiger partial charge in [-0.1, -0.05) is 0 Å². The second kappa shape index (κ2) is 5.25. The van der Waals surface area contributed by atoms with Crippen LogP contribution in [-0.4, -0.2) is 38.1 Å². The van der Waals surface area contributed by atoms with Crippen molar-refractivity contribution in [3.8, 4) is 5.75 Å². The maximum atomic E-state index is 12.1. The fraction of sp³-hybridized carbons (Fsp3) is 0.467. The minimum atomic E-state index is -0.470. The van der Waals surface area contributed by atoms with Crippen LogP contribution in [0.1, 0.15) is 29.6 Å². The molecule has 0 aliphatic carbocycles. The number of rotatable bonds is 3. The van der Waals surface area contributed by atoms with Crippen molar-refractivity contribution < 1.29 is 19.1 Å². The molecule has 2 aliphatic rings. The van der Waals surface area contributed by atoms with E-state index in [9.17, 15) is 9.59 Å². The number of fused-ring (bicyclic) bond motifs is 1. The monoisotopic (exact) mass is 275 g/mol. The third-order valence-corrected chi connectivity index (χ3v) is 3.84. The van der Waals surface area contributed by atoms with Crippen molar-refractivity contribution in [1.29, 1.82) is 0 Å². The van der Waals surface area contributed by atoms with Gasteiger partial charge < -0.3 is 14.4 Å². The van der Waals surface area contributed by atoms with Crippen LogP contribution in [0.25, 0.3) is 0 Å². The van der Waals surface area contributed by atoms with Crippen LogP contribution in [0.3, 0.4) is 0 Å². The summed E-state index contributed by atoms with van der Waals surface area (Å²) < 4.78 is 10.8. The SMILES string of the molecule is COc1ccc2c(c1)C(=O)C(=O)N2C[C@H]1CCCCO1. The number of anilines is 1. The lowest BCUT2D eigenvalue weighted by Gasteiger charge is -2.27. The van der Waals surface area contributed by atoms with Crippen LogP contribution >= 0.6 is 0 Å². The van der Waals surface area contributed by atoms with Gasteiger partial charge in [-0.05, 0) is 37.5 Å². The van der Waals surface area contributed by atoms with Gasteiger partial charge in [0.05, 0.1) is 31.0 Å². The molecule has 1 aromatic rings. The van der Waals surface area contributed by atoms with Crippen LogP contribution in [-0.2, 0) is 9.53 Å². The molecule has 0 aromatic heterocycles. The van der Waals surface area contributed by atoms with Crippen LogP contribution in [0.4, 0.5) is 5.69 Å². The summed E-state index contributed by atoms with van der Waals surface area (Å²) in [5.41, 5.74) is 1.08. The van der Waals surface area contributed by atoms with Crippen molar-refractivity contribution in [1.82, 2.24) is 0 Å². The minimum Gasteiger partial charge on any atom is -0.497 e. The molecular formula is C15H17NO4. The Labute approximate surface area is 117 Å². The summed E-state index contributed by atoms with van der Waals surface area (Å²) in [7, 11) is 1.54. The highest BCUT2D eigenvalue weighted by Gasteiger charge is 2.37. The lowest BCUT2D eigenvalue weighted by atomic mass is 10.1. The van der Waals surface area contributed by atoms with Crippen molar-refractivity contribution in [3.63, 3.8) is 0 Å². The molecule has 106 valence electrons.